The number of carbonyl (C=O) groups is 2. The molecule has 84 valence electrons. The van der Waals surface area contributed by atoms with Gasteiger partial charge in [-0.15, -0.1) is 0 Å². The fraction of sp³-hybridized carbons (Fsp3) is 0.818. The second kappa shape index (κ2) is 3.22. The van der Waals surface area contributed by atoms with Gasteiger partial charge < -0.3 is 9.47 Å². The average molecular weight is 212 g/mol. The smallest absolute Gasteiger partial charge is 0.313 e. The molecule has 0 N–H and O–H groups in total. The van der Waals surface area contributed by atoms with Crippen LogP contribution in [-0.2, 0) is 19.1 Å². The lowest BCUT2D eigenvalue weighted by molar-refractivity contribution is -0.159. The van der Waals surface area contributed by atoms with Crippen molar-refractivity contribution in [2.45, 2.75) is 32.1 Å². The summed E-state index contributed by atoms with van der Waals surface area (Å²) in [6.45, 7) is 0. The molecule has 0 radical (unpaired) electrons. The molecule has 2 aliphatic carbocycles. The van der Waals surface area contributed by atoms with E-state index in [1.54, 1.807) is 0 Å². The van der Waals surface area contributed by atoms with Crippen LogP contribution in [0.4, 0.5) is 0 Å². The van der Waals surface area contributed by atoms with Crippen LogP contribution in [-0.4, -0.2) is 26.2 Å². The quantitative estimate of drug-likeness (QED) is 0.647. The molecule has 2 rings (SSSR count). The molecule has 2 unspecified atom stereocenters. The van der Waals surface area contributed by atoms with Gasteiger partial charge in [-0.1, -0.05) is 12.8 Å². The van der Waals surface area contributed by atoms with E-state index < -0.39 is 10.8 Å². The van der Waals surface area contributed by atoms with Crippen LogP contribution < -0.4 is 0 Å². The molecule has 0 aromatic rings. The highest BCUT2D eigenvalue weighted by Crippen LogP contribution is 2.72. The second-order valence-electron chi connectivity index (χ2n) is 4.53. The summed E-state index contributed by atoms with van der Waals surface area (Å²) in [4.78, 5) is 23.5. The molecule has 2 atom stereocenters. The molecule has 0 aromatic carbocycles. The van der Waals surface area contributed by atoms with Crippen molar-refractivity contribution in [2.75, 3.05) is 14.2 Å². The molecular formula is C11H16O4. The fourth-order valence-corrected chi connectivity index (χ4v) is 3.11. The van der Waals surface area contributed by atoms with Crippen LogP contribution in [0.3, 0.4) is 0 Å². The molecule has 0 aliphatic heterocycles. The summed E-state index contributed by atoms with van der Waals surface area (Å²) in [5.74, 6) is -0.486. The molecule has 0 bridgehead atoms. The summed E-state index contributed by atoms with van der Waals surface area (Å²) in [5, 5.41) is 0. The third-order valence-corrected chi connectivity index (χ3v) is 4.00. The van der Waals surface area contributed by atoms with Gasteiger partial charge in [0.05, 0.1) is 25.0 Å². The number of hydrogen-bond donors (Lipinski definition) is 0. The number of rotatable bonds is 2. The molecule has 2 aliphatic rings. The van der Waals surface area contributed by atoms with Gasteiger partial charge in [0, 0.05) is 0 Å². The summed E-state index contributed by atoms with van der Waals surface area (Å²) in [5.41, 5.74) is -1.12. The minimum atomic E-state index is -0.562. The largest absolute Gasteiger partial charge is 0.469 e. The normalized spacial score (nSPS) is 37.7. The second-order valence-corrected chi connectivity index (χ2v) is 4.53. The summed E-state index contributed by atoms with van der Waals surface area (Å²) in [7, 11) is 2.76. The Labute approximate surface area is 88.9 Å². The van der Waals surface area contributed by atoms with Gasteiger partial charge in [-0.2, -0.15) is 0 Å². The summed E-state index contributed by atoms with van der Waals surface area (Å²) in [6.07, 6.45) is 4.12. The number of ether oxygens (including phenoxy) is 2. The first-order chi connectivity index (χ1) is 7.13. The van der Waals surface area contributed by atoms with Gasteiger partial charge in [-0.3, -0.25) is 9.59 Å². The van der Waals surface area contributed by atoms with Gasteiger partial charge in [-0.05, 0) is 19.3 Å². The Bertz CT molecular complexity index is 282. The van der Waals surface area contributed by atoms with Crippen LogP contribution in [0.15, 0.2) is 0 Å². The lowest BCUT2D eigenvalue weighted by atomic mass is 9.79. The van der Waals surface area contributed by atoms with E-state index in [-0.39, 0.29) is 11.9 Å². The summed E-state index contributed by atoms with van der Waals surface area (Å²) in [6, 6.07) is 0. The molecule has 4 nitrogen and oxygen atoms in total. The van der Waals surface area contributed by atoms with Gasteiger partial charge in [0.2, 0.25) is 0 Å². The first-order valence-corrected chi connectivity index (χ1v) is 5.30. The predicted octanol–water partition coefficient (Wildman–Crippen LogP) is 1.28. The monoisotopic (exact) mass is 212 g/mol. The zero-order valence-corrected chi connectivity index (χ0v) is 9.17. The van der Waals surface area contributed by atoms with Crippen molar-refractivity contribution in [3.8, 4) is 0 Å². The molecule has 4 heteroatoms. The van der Waals surface area contributed by atoms with Crippen molar-refractivity contribution in [3.05, 3.63) is 0 Å². The van der Waals surface area contributed by atoms with Crippen molar-refractivity contribution in [1.29, 1.82) is 0 Å². The fourth-order valence-electron chi connectivity index (χ4n) is 3.11. The SMILES string of the molecule is COC(=O)C12CCCCC1(C(=O)OC)C2. The van der Waals surface area contributed by atoms with E-state index in [2.05, 4.69) is 0 Å². The van der Waals surface area contributed by atoms with E-state index >= 15 is 0 Å². The zero-order chi connectivity index (χ0) is 11.1. The topological polar surface area (TPSA) is 52.6 Å². The highest BCUT2D eigenvalue weighted by atomic mass is 16.5. The van der Waals surface area contributed by atoms with Gasteiger partial charge in [-0.25, -0.2) is 0 Å². The molecule has 0 spiro atoms. The van der Waals surface area contributed by atoms with Crippen LogP contribution >= 0.6 is 0 Å². The van der Waals surface area contributed by atoms with Gasteiger partial charge in [0.15, 0.2) is 0 Å². The number of fused-ring (bicyclic) bond motifs is 1. The third-order valence-electron chi connectivity index (χ3n) is 4.00. The van der Waals surface area contributed by atoms with Gasteiger partial charge >= 0.3 is 11.9 Å². The molecule has 0 aromatic heterocycles. The Kier molecular flexibility index (Phi) is 2.24. The molecule has 15 heavy (non-hydrogen) atoms. The summed E-state index contributed by atoms with van der Waals surface area (Å²) < 4.78 is 9.61. The maximum Gasteiger partial charge on any atom is 0.313 e. The van der Waals surface area contributed by atoms with Crippen molar-refractivity contribution < 1.29 is 19.1 Å². The van der Waals surface area contributed by atoms with Crippen LogP contribution in [0, 0.1) is 10.8 Å². The molecule has 0 heterocycles. The Hall–Kier alpha value is -1.06. The summed E-state index contributed by atoms with van der Waals surface area (Å²) >= 11 is 0. The maximum absolute atomic E-state index is 11.7. The average Bonchev–Trinajstić information content (AvgIpc) is 2.98. The van der Waals surface area contributed by atoms with Crippen LogP contribution in [0.25, 0.3) is 0 Å². The van der Waals surface area contributed by atoms with Crippen molar-refractivity contribution in [1.82, 2.24) is 0 Å². The number of esters is 2. The molecule has 0 amide bonds. The van der Waals surface area contributed by atoms with Gasteiger partial charge in [0.25, 0.3) is 0 Å². The Morgan fingerprint density at radius 3 is 1.67 bits per heavy atom. The first-order valence-electron chi connectivity index (χ1n) is 5.30. The number of carbonyl (C=O) groups excluding carboxylic acids is 2. The van der Waals surface area contributed by atoms with E-state index in [4.69, 9.17) is 9.47 Å². The van der Waals surface area contributed by atoms with E-state index in [9.17, 15) is 9.59 Å². The van der Waals surface area contributed by atoms with Gasteiger partial charge in [0.1, 0.15) is 0 Å². The Morgan fingerprint density at radius 1 is 0.933 bits per heavy atom. The molecule has 2 saturated carbocycles. The predicted molar refractivity (Wildman–Crippen MR) is 52.0 cm³/mol. The Balaban J connectivity index is 2.27. The highest BCUT2D eigenvalue weighted by Gasteiger charge is 2.77. The number of hydrogen-bond acceptors (Lipinski definition) is 4. The van der Waals surface area contributed by atoms with E-state index in [1.807, 2.05) is 0 Å². The minimum Gasteiger partial charge on any atom is -0.469 e. The lowest BCUT2D eigenvalue weighted by Crippen LogP contribution is -2.34. The highest BCUT2D eigenvalue weighted by molar-refractivity contribution is 5.94. The lowest BCUT2D eigenvalue weighted by Gasteiger charge is -2.26. The van der Waals surface area contributed by atoms with Crippen LogP contribution in [0.1, 0.15) is 32.1 Å². The van der Waals surface area contributed by atoms with Crippen LogP contribution in [0.2, 0.25) is 0 Å². The Morgan fingerprint density at radius 2 is 1.33 bits per heavy atom. The van der Waals surface area contributed by atoms with E-state index in [1.165, 1.54) is 14.2 Å². The van der Waals surface area contributed by atoms with Crippen molar-refractivity contribution in [3.63, 3.8) is 0 Å². The van der Waals surface area contributed by atoms with Crippen molar-refractivity contribution in [2.24, 2.45) is 10.8 Å². The third kappa shape index (κ3) is 1.13. The molecule has 2 fully saturated rings. The van der Waals surface area contributed by atoms with E-state index in [0.29, 0.717) is 6.42 Å². The van der Waals surface area contributed by atoms with E-state index in [0.717, 1.165) is 25.7 Å². The zero-order valence-electron chi connectivity index (χ0n) is 9.17. The first kappa shape index (κ1) is 10.5. The maximum atomic E-state index is 11.7. The van der Waals surface area contributed by atoms with Crippen molar-refractivity contribution >= 4 is 11.9 Å². The molecule has 0 saturated heterocycles. The standard InChI is InChI=1S/C11H16O4/c1-14-8(12)10-5-3-4-6-11(10,7-10)9(13)15-2/h3-7H2,1-2H3. The number of methoxy groups -OCH3 is 2. The van der Waals surface area contributed by atoms with Crippen LogP contribution in [0.5, 0.6) is 0 Å². The minimum absolute atomic E-state index is 0.243. The molecular weight excluding hydrogens is 196 g/mol.